The molecule has 0 aliphatic rings. The van der Waals surface area contributed by atoms with E-state index in [0.717, 1.165) is 29.9 Å². The smallest absolute Gasteiger partial charge is 0.161 e. The van der Waals surface area contributed by atoms with Crippen LogP contribution in [-0.2, 0) is 10.8 Å². The Kier molecular flexibility index (Phi) is 7.62. The van der Waals surface area contributed by atoms with E-state index in [0.29, 0.717) is 19.0 Å². The van der Waals surface area contributed by atoms with E-state index in [9.17, 15) is 4.21 Å². The zero-order chi connectivity index (χ0) is 15.0. The Balaban J connectivity index is 2.90. The Bertz CT molecular complexity index is 437. The molecule has 0 aliphatic carbocycles. The maximum absolute atomic E-state index is 11.3. The van der Waals surface area contributed by atoms with Gasteiger partial charge < -0.3 is 15.2 Å². The first-order chi connectivity index (χ1) is 9.58. The van der Waals surface area contributed by atoms with E-state index in [1.807, 2.05) is 18.2 Å². The highest BCUT2D eigenvalue weighted by Gasteiger charge is 2.12. The summed E-state index contributed by atoms with van der Waals surface area (Å²) in [5.41, 5.74) is 6.98. The van der Waals surface area contributed by atoms with Crippen LogP contribution in [0.25, 0.3) is 0 Å². The van der Waals surface area contributed by atoms with Gasteiger partial charge in [-0.2, -0.15) is 0 Å². The Morgan fingerprint density at radius 2 is 1.75 bits per heavy atom. The van der Waals surface area contributed by atoms with Crippen molar-refractivity contribution in [3.63, 3.8) is 0 Å². The Labute approximate surface area is 124 Å². The second-order valence-electron chi connectivity index (χ2n) is 4.75. The minimum atomic E-state index is -0.915. The average Bonchev–Trinajstić information content (AvgIpc) is 2.42. The second kappa shape index (κ2) is 8.97. The molecule has 0 fully saturated rings. The molecule has 0 aliphatic heterocycles. The third-order valence-electron chi connectivity index (χ3n) is 2.73. The van der Waals surface area contributed by atoms with E-state index < -0.39 is 10.8 Å². The van der Waals surface area contributed by atoms with Crippen molar-refractivity contribution >= 4 is 10.8 Å². The van der Waals surface area contributed by atoms with Gasteiger partial charge in [0.05, 0.1) is 13.2 Å². The molecular weight excluding hydrogens is 274 g/mol. The highest BCUT2D eigenvalue weighted by Crippen LogP contribution is 2.30. The predicted molar refractivity (Wildman–Crippen MR) is 83.9 cm³/mol. The highest BCUT2D eigenvalue weighted by atomic mass is 32.2. The normalized spacial score (nSPS) is 13.8. The van der Waals surface area contributed by atoms with Crippen LogP contribution in [0.15, 0.2) is 18.2 Å². The van der Waals surface area contributed by atoms with E-state index >= 15 is 0 Å². The maximum Gasteiger partial charge on any atom is 0.161 e. The van der Waals surface area contributed by atoms with Gasteiger partial charge in [-0.1, -0.05) is 19.9 Å². The molecule has 2 N–H and O–H groups in total. The summed E-state index contributed by atoms with van der Waals surface area (Å²) in [4.78, 5) is 0. The van der Waals surface area contributed by atoms with E-state index in [4.69, 9.17) is 15.2 Å². The number of benzene rings is 1. The number of nitrogens with two attached hydrogens (primary N) is 1. The van der Waals surface area contributed by atoms with Crippen LogP contribution in [0.1, 0.15) is 38.3 Å². The maximum atomic E-state index is 11.3. The van der Waals surface area contributed by atoms with Gasteiger partial charge >= 0.3 is 0 Å². The fourth-order valence-electron chi connectivity index (χ4n) is 1.76. The quantitative estimate of drug-likeness (QED) is 0.761. The third-order valence-corrected chi connectivity index (χ3v) is 3.56. The lowest BCUT2D eigenvalue weighted by Crippen LogP contribution is -2.17. The topological polar surface area (TPSA) is 61.5 Å². The van der Waals surface area contributed by atoms with Gasteiger partial charge in [-0.3, -0.25) is 4.21 Å². The van der Waals surface area contributed by atoms with Crippen LogP contribution in [0.5, 0.6) is 11.5 Å². The molecule has 0 aromatic heterocycles. The largest absolute Gasteiger partial charge is 0.490 e. The van der Waals surface area contributed by atoms with Crippen molar-refractivity contribution in [2.75, 3.05) is 25.2 Å². The van der Waals surface area contributed by atoms with Gasteiger partial charge in [0.15, 0.2) is 11.5 Å². The standard InChI is InChI=1S/C15H25NO3S/c1-4-8-18-14-7-6-12(13(16)11-20(3)17)10-15(14)19-9-5-2/h6-7,10,13H,4-5,8-9,11,16H2,1-3H3. The van der Waals surface area contributed by atoms with Crippen LogP contribution in [0.2, 0.25) is 0 Å². The van der Waals surface area contributed by atoms with E-state index in [-0.39, 0.29) is 6.04 Å². The van der Waals surface area contributed by atoms with Gasteiger partial charge in [0.2, 0.25) is 0 Å². The monoisotopic (exact) mass is 299 g/mol. The molecule has 4 nitrogen and oxygen atoms in total. The van der Waals surface area contributed by atoms with Gasteiger partial charge in [0.1, 0.15) is 0 Å². The van der Waals surface area contributed by atoms with E-state index in [1.165, 1.54) is 0 Å². The van der Waals surface area contributed by atoms with Crippen LogP contribution in [0, 0.1) is 0 Å². The van der Waals surface area contributed by atoms with Crippen molar-refractivity contribution < 1.29 is 13.7 Å². The van der Waals surface area contributed by atoms with Gasteiger partial charge in [0, 0.05) is 28.9 Å². The molecule has 0 amide bonds. The highest BCUT2D eigenvalue weighted by molar-refractivity contribution is 7.84. The number of rotatable bonds is 9. The van der Waals surface area contributed by atoms with E-state index in [2.05, 4.69) is 13.8 Å². The summed E-state index contributed by atoms with van der Waals surface area (Å²) >= 11 is 0. The molecule has 0 radical (unpaired) electrons. The molecule has 0 spiro atoms. The first kappa shape index (κ1) is 17.0. The lowest BCUT2D eigenvalue weighted by atomic mass is 10.1. The zero-order valence-corrected chi connectivity index (χ0v) is 13.4. The van der Waals surface area contributed by atoms with Crippen molar-refractivity contribution in [2.24, 2.45) is 5.73 Å². The summed E-state index contributed by atoms with van der Waals surface area (Å²) in [5.74, 6) is 1.91. The molecule has 20 heavy (non-hydrogen) atoms. The zero-order valence-electron chi connectivity index (χ0n) is 12.6. The van der Waals surface area contributed by atoms with Crippen molar-refractivity contribution in [1.29, 1.82) is 0 Å². The number of hydrogen-bond acceptors (Lipinski definition) is 4. The van der Waals surface area contributed by atoms with Crippen molar-refractivity contribution in [2.45, 2.75) is 32.7 Å². The summed E-state index contributed by atoms with van der Waals surface area (Å²) in [6.45, 7) is 5.42. The Morgan fingerprint density at radius 3 is 2.30 bits per heavy atom. The minimum absolute atomic E-state index is 0.245. The fourth-order valence-corrected chi connectivity index (χ4v) is 2.46. The molecule has 0 saturated heterocycles. The van der Waals surface area contributed by atoms with Crippen LogP contribution < -0.4 is 15.2 Å². The van der Waals surface area contributed by atoms with Gasteiger partial charge in [0.25, 0.3) is 0 Å². The molecule has 0 saturated carbocycles. The molecule has 0 heterocycles. The summed E-state index contributed by atoms with van der Waals surface area (Å²) in [5, 5.41) is 0. The van der Waals surface area contributed by atoms with E-state index in [1.54, 1.807) is 6.26 Å². The summed E-state index contributed by atoms with van der Waals surface area (Å²) in [7, 11) is -0.915. The van der Waals surface area contributed by atoms with Crippen LogP contribution in [0.3, 0.4) is 0 Å². The first-order valence-electron chi connectivity index (χ1n) is 7.03. The first-order valence-corrected chi connectivity index (χ1v) is 8.76. The fraction of sp³-hybridized carbons (Fsp3) is 0.600. The third kappa shape index (κ3) is 5.51. The lowest BCUT2D eigenvalue weighted by Gasteiger charge is -2.16. The molecule has 1 aromatic rings. The number of hydrogen-bond donors (Lipinski definition) is 1. The average molecular weight is 299 g/mol. The molecule has 5 heteroatoms. The van der Waals surface area contributed by atoms with Gasteiger partial charge in [-0.15, -0.1) is 0 Å². The molecule has 0 bridgehead atoms. The molecule has 2 unspecified atom stereocenters. The van der Waals surface area contributed by atoms with Crippen molar-refractivity contribution in [3.8, 4) is 11.5 Å². The molecule has 1 rings (SSSR count). The predicted octanol–water partition coefficient (Wildman–Crippen LogP) is 2.64. The van der Waals surface area contributed by atoms with Gasteiger partial charge in [-0.05, 0) is 30.5 Å². The molecule has 2 atom stereocenters. The summed E-state index contributed by atoms with van der Waals surface area (Å²) in [6.07, 6.45) is 3.54. The molecule has 114 valence electrons. The van der Waals surface area contributed by atoms with Crippen LogP contribution in [-0.4, -0.2) is 29.4 Å². The van der Waals surface area contributed by atoms with Gasteiger partial charge in [-0.25, -0.2) is 0 Å². The second-order valence-corrected chi connectivity index (χ2v) is 6.23. The van der Waals surface area contributed by atoms with Crippen molar-refractivity contribution in [3.05, 3.63) is 23.8 Å². The van der Waals surface area contributed by atoms with Crippen LogP contribution >= 0.6 is 0 Å². The summed E-state index contributed by atoms with van der Waals surface area (Å²) < 4.78 is 22.7. The summed E-state index contributed by atoms with van der Waals surface area (Å²) in [6, 6.07) is 5.46. The van der Waals surface area contributed by atoms with Crippen LogP contribution in [0.4, 0.5) is 0 Å². The van der Waals surface area contributed by atoms with Crippen molar-refractivity contribution in [1.82, 2.24) is 0 Å². The SMILES string of the molecule is CCCOc1ccc(C(N)CS(C)=O)cc1OCCC. The minimum Gasteiger partial charge on any atom is -0.490 e. The lowest BCUT2D eigenvalue weighted by molar-refractivity contribution is 0.268. The molecular formula is C15H25NO3S. The number of ether oxygens (including phenoxy) is 2. The Hall–Kier alpha value is -1.07. The Morgan fingerprint density at radius 1 is 1.15 bits per heavy atom. The molecule has 1 aromatic carbocycles.